The zero-order chi connectivity index (χ0) is 52.1. The van der Waals surface area contributed by atoms with Crippen molar-refractivity contribution in [3.8, 4) is 55.6 Å². The van der Waals surface area contributed by atoms with Gasteiger partial charge in [0.1, 0.15) is 0 Å². The molecule has 8 aliphatic rings. The molecule has 0 N–H and O–H groups in total. The third-order valence-electron chi connectivity index (χ3n) is 20.9. The number of hydrogen-bond acceptors (Lipinski definition) is 1. The maximum atomic E-state index is 2.71. The van der Waals surface area contributed by atoms with E-state index in [0.29, 0.717) is 11.8 Å². The molecule has 17 rings (SSSR count). The lowest BCUT2D eigenvalue weighted by molar-refractivity contribution is -0.0399. The molecule has 378 valence electrons. The van der Waals surface area contributed by atoms with E-state index in [0.717, 1.165) is 11.8 Å². The topological polar surface area (TPSA) is 3.24 Å². The Labute approximate surface area is 457 Å². The Bertz CT molecular complexity index is 3920. The van der Waals surface area contributed by atoms with E-state index in [1.165, 1.54) is 149 Å². The molecule has 4 bridgehead atoms. The molecule has 4 fully saturated rings. The highest BCUT2D eigenvalue weighted by Gasteiger charge is 2.62. The van der Waals surface area contributed by atoms with Crippen molar-refractivity contribution in [2.75, 3.05) is 4.90 Å². The first-order chi connectivity index (χ1) is 37.2. The average Bonchev–Trinajstić information content (AvgIpc) is 4.14. The summed E-state index contributed by atoms with van der Waals surface area (Å²) in [6.07, 6.45) is 6.89. The Balaban J connectivity index is 0.973. The van der Waals surface area contributed by atoms with E-state index in [9.17, 15) is 0 Å². The molecule has 8 aliphatic carbocycles. The van der Waals surface area contributed by atoms with Crippen LogP contribution in [0.3, 0.4) is 0 Å². The first-order valence-electron chi connectivity index (χ1n) is 29.1. The molecule has 2 spiro atoms. The van der Waals surface area contributed by atoms with Crippen molar-refractivity contribution in [1.29, 1.82) is 0 Å². The van der Waals surface area contributed by atoms with Gasteiger partial charge in [-0.2, -0.15) is 0 Å². The first kappa shape index (κ1) is 45.9. The van der Waals surface area contributed by atoms with Crippen molar-refractivity contribution < 1.29 is 0 Å². The van der Waals surface area contributed by atoms with Crippen LogP contribution in [0.5, 0.6) is 0 Å². The van der Waals surface area contributed by atoms with E-state index in [4.69, 9.17) is 0 Å². The molecule has 0 aromatic heterocycles. The summed E-state index contributed by atoms with van der Waals surface area (Å²) in [4.78, 5) is 2.70. The minimum Gasteiger partial charge on any atom is -0.310 e. The summed E-state index contributed by atoms with van der Waals surface area (Å²) in [5.41, 5.74) is 30.9. The van der Waals surface area contributed by atoms with Crippen LogP contribution in [0.1, 0.15) is 143 Å². The van der Waals surface area contributed by atoms with Crippen LogP contribution in [0.4, 0.5) is 17.1 Å². The van der Waals surface area contributed by atoms with Crippen LogP contribution in [-0.4, -0.2) is 0 Å². The molecular formula is C76H69N. The van der Waals surface area contributed by atoms with Gasteiger partial charge in [-0.05, 0) is 203 Å². The summed E-state index contributed by atoms with van der Waals surface area (Å²) in [6, 6.07) is 74.8. The number of fused-ring (bicyclic) bond motifs is 16. The smallest absolute Gasteiger partial charge is 0.0726 e. The molecule has 0 unspecified atom stereocenters. The summed E-state index contributed by atoms with van der Waals surface area (Å²) in [7, 11) is 0. The third-order valence-corrected chi connectivity index (χ3v) is 20.9. The quantitative estimate of drug-likeness (QED) is 0.170. The number of hydrogen-bond donors (Lipinski definition) is 0. The standard InChI is InChI=1S/C76H69N/c1-72(2,3)48-30-33-57-58-34-31-49(73(4,5)6)43-67(58)76(66(57)42-48)64-27-14-11-22-61(64)70-65(76)28-17-29-69(70)77(52-19-15-18-47(41-52)54-23-16-24-60-56-21-9-12-25-62(56)74(7,8)71(54)60)53-32-35-59-55-20-10-13-26-63(55)75(68(59)44-53)50-37-45-36-46(39-50)40-51(75)38-45/h9-35,41-46,50-51H,36-40H2,1-8H3. The number of nitrogens with zero attached hydrogens (tertiary/aromatic N) is 1. The minimum absolute atomic E-state index is 0.0229. The molecule has 1 nitrogen and oxygen atoms in total. The van der Waals surface area contributed by atoms with Gasteiger partial charge in [0.25, 0.3) is 0 Å². The van der Waals surface area contributed by atoms with E-state index < -0.39 is 5.41 Å². The molecule has 4 saturated carbocycles. The molecule has 1 heteroatoms. The second-order valence-corrected chi connectivity index (χ2v) is 27.2. The van der Waals surface area contributed by atoms with Gasteiger partial charge in [-0.25, -0.2) is 0 Å². The number of benzene rings is 9. The fourth-order valence-corrected chi connectivity index (χ4v) is 17.9. The van der Waals surface area contributed by atoms with E-state index in [1.54, 1.807) is 11.1 Å². The highest BCUT2D eigenvalue weighted by Crippen LogP contribution is 2.71. The van der Waals surface area contributed by atoms with E-state index in [1.807, 2.05) is 0 Å². The van der Waals surface area contributed by atoms with Crippen molar-refractivity contribution in [3.05, 3.63) is 244 Å². The van der Waals surface area contributed by atoms with Crippen LogP contribution < -0.4 is 4.90 Å². The van der Waals surface area contributed by atoms with Crippen LogP contribution in [0.15, 0.2) is 188 Å². The first-order valence-corrected chi connectivity index (χ1v) is 29.1. The van der Waals surface area contributed by atoms with Crippen molar-refractivity contribution in [2.45, 2.75) is 115 Å². The minimum atomic E-state index is -0.516. The number of rotatable bonds is 4. The predicted molar refractivity (Wildman–Crippen MR) is 321 cm³/mol. The summed E-state index contributed by atoms with van der Waals surface area (Å²) in [5, 5.41) is 0. The fraction of sp³-hybridized carbons (Fsp3) is 0.289. The van der Waals surface area contributed by atoms with E-state index >= 15 is 0 Å². The molecule has 0 amide bonds. The maximum absolute atomic E-state index is 2.71. The van der Waals surface area contributed by atoms with Gasteiger partial charge in [-0.1, -0.05) is 213 Å². The van der Waals surface area contributed by atoms with Gasteiger partial charge in [0, 0.05) is 27.8 Å². The van der Waals surface area contributed by atoms with E-state index in [2.05, 4.69) is 248 Å². The van der Waals surface area contributed by atoms with Crippen LogP contribution in [0.25, 0.3) is 55.6 Å². The van der Waals surface area contributed by atoms with Gasteiger partial charge >= 0.3 is 0 Å². The SMILES string of the molecule is CC(C)(C)c1ccc2c(c1)C1(c3cc(C(C)(C)C)ccc3-2)c2ccccc2-c2c(N(c3cccc(-c4cccc5c4C(C)(C)c4ccccc4-5)c3)c3ccc4c(c3)C3(c5ccccc5-4)C4CC5CC(C4)CC3C5)cccc21. The lowest BCUT2D eigenvalue weighted by Crippen LogP contribution is -2.55. The normalized spacial score (nSPS) is 22.5. The Morgan fingerprint density at radius 3 is 1.53 bits per heavy atom. The molecule has 0 aliphatic heterocycles. The highest BCUT2D eigenvalue weighted by molar-refractivity contribution is 6.02. The molecule has 0 atom stereocenters. The van der Waals surface area contributed by atoms with Crippen molar-refractivity contribution in [1.82, 2.24) is 0 Å². The van der Waals surface area contributed by atoms with Gasteiger partial charge < -0.3 is 4.90 Å². The van der Waals surface area contributed by atoms with Gasteiger partial charge in [0.2, 0.25) is 0 Å². The predicted octanol–water partition coefficient (Wildman–Crippen LogP) is 19.8. The maximum Gasteiger partial charge on any atom is 0.0726 e. The molecule has 9 aromatic carbocycles. The van der Waals surface area contributed by atoms with Crippen LogP contribution in [-0.2, 0) is 27.1 Å². The largest absolute Gasteiger partial charge is 0.310 e. The fourth-order valence-electron chi connectivity index (χ4n) is 17.9. The van der Waals surface area contributed by atoms with Gasteiger partial charge in [-0.3, -0.25) is 0 Å². The number of anilines is 3. The van der Waals surface area contributed by atoms with Crippen LogP contribution in [0, 0.1) is 23.7 Å². The summed E-state index contributed by atoms with van der Waals surface area (Å²) in [5.74, 6) is 3.10. The lowest BCUT2D eigenvalue weighted by atomic mass is 9.43. The van der Waals surface area contributed by atoms with E-state index in [-0.39, 0.29) is 21.7 Å². The molecule has 0 radical (unpaired) electrons. The third kappa shape index (κ3) is 5.96. The molecule has 0 heterocycles. The van der Waals surface area contributed by atoms with Crippen molar-refractivity contribution in [3.63, 3.8) is 0 Å². The monoisotopic (exact) mass is 996 g/mol. The Morgan fingerprint density at radius 1 is 0.377 bits per heavy atom. The summed E-state index contributed by atoms with van der Waals surface area (Å²) >= 11 is 0. The molecule has 0 saturated heterocycles. The highest BCUT2D eigenvalue weighted by atomic mass is 15.1. The molecule has 9 aromatic rings. The average molecular weight is 996 g/mol. The second kappa shape index (κ2) is 15.5. The zero-order valence-corrected chi connectivity index (χ0v) is 46.2. The van der Waals surface area contributed by atoms with Crippen molar-refractivity contribution in [2.24, 2.45) is 23.7 Å². The van der Waals surface area contributed by atoms with Gasteiger partial charge in [-0.15, -0.1) is 0 Å². The summed E-state index contributed by atoms with van der Waals surface area (Å²) in [6.45, 7) is 19.1. The van der Waals surface area contributed by atoms with Crippen molar-refractivity contribution >= 4 is 17.1 Å². The molecular weight excluding hydrogens is 927 g/mol. The Kier molecular flexibility index (Phi) is 9.25. The molecule has 77 heavy (non-hydrogen) atoms. The Hall–Kier alpha value is -7.22. The van der Waals surface area contributed by atoms with Gasteiger partial charge in [0.15, 0.2) is 0 Å². The second-order valence-electron chi connectivity index (χ2n) is 27.2. The zero-order valence-electron chi connectivity index (χ0n) is 46.2. The lowest BCUT2D eigenvalue weighted by Gasteiger charge is -2.61. The van der Waals surface area contributed by atoms with Gasteiger partial charge in [0.05, 0.1) is 11.1 Å². The van der Waals surface area contributed by atoms with Crippen LogP contribution in [0.2, 0.25) is 0 Å². The summed E-state index contributed by atoms with van der Waals surface area (Å²) < 4.78 is 0. The Morgan fingerprint density at radius 2 is 0.870 bits per heavy atom. The van der Waals surface area contributed by atoms with Crippen LogP contribution >= 0.6 is 0 Å².